The maximum absolute atomic E-state index is 12.2. The summed E-state index contributed by atoms with van der Waals surface area (Å²) >= 11 is 0. The fourth-order valence-corrected chi connectivity index (χ4v) is 2.99. The topological polar surface area (TPSA) is 114 Å². The first-order valence-corrected chi connectivity index (χ1v) is 10.2. The molecule has 3 rings (SSSR count). The molecule has 0 saturated heterocycles. The number of esters is 1. The fourth-order valence-electron chi connectivity index (χ4n) is 2.99. The molecular formula is C24H22N4O5. The van der Waals surface area contributed by atoms with Crippen LogP contribution in [0.15, 0.2) is 83.0 Å². The highest BCUT2D eigenvalue weighted by molar-refractivity contribution is 5.90. The number of aldehydes is 1. The summed E-state index contributed by atoms with van der Waals surface area (Å²) in [5, 5.41) is 18.9. The molecule has 0 fully saturated rings. The number of ether oxygens (including phenoxy) is 1. The number of anilines is 1. The minimum atomic E-state index is -0.466. The molecule has 9 nitrogen and oxygen atoms in total. The van der Waals surface area contributed by atoms with E-state index in [1.54, 1.807) is 24.3 Å². The molecule has 0 aliphatic rings. The molecule has 0 radical (unpaired) electrons. The number of carbonyl (C=O) groups excluding carboxylic acids is 2. The number of benzene rings is 3. The number of non-ortho nitro benzene ring substituents is 1. The van der Waals surface area contributed by atoms with Crippen molar-refractivity contribution in [2.75, 3.05) is 24.6 Å². The second-order valence-electron chi connectivity index (χ2n) is 6.95. The Hall–Kier alpha value is -4.40. The number of nitro benzene ring substituents is 1. The first-order chi connectivity index (χ1) is 16.0. The Bertz CT molecular complexity index is 1130. The van der Waals surface area contributed by atoms with Crippen LogP contribution in [0.3, 0.4) is 0 Å². The summed E-state index contributed by atoms with van der Waals surface area (Å²) in [5.74, 6) is -0.439. The van der Waals surface area contributed by atoms with Gasteiger partial charge in [-0.25, -0.2) is 4.79 Å². The van der Waals surface area contributed by atoms with E-state index in [-0.39, 0.29) is 12.3 Å². The molecule has 0 amide bonds. The van der Waals surface area contributed by atoms with E-state index in [0.29, 0.717) is 29.0 Å². The molecule has 0 unspecified atom stereocenters. The molecule has 0 aromatic heterocycles. The summed E-state index contributed by atoms with van der Waals surface area (Å²) in [6.45, 7) is 3.44. The van der Waals surface area contributed by atoms with Crippen molar-refractivity contribution in [3.8, 4) is 0 Å². The smallest absolute Gasteiger partial charge is 0.338 e. The van der Waals surface area contributed by atoms with Crippen LogP contribution in [-0.4, -0.2) is 36.9 Å². The standard InChI is InChI=1S/C24H22N4O5/c1-2-27(15-16-33-24(30)19-5-3-18(17-29)4-6-19)22-11-7-20(8-12-22)25-26-21-9-13-23(14-10-21)28(31)32/h3-14,17H,2,15-16H2,1H3. The summed E-state index contributed by atoms with van der Waals surface area (Å²) in [7, 11) is 0. The fraction of sp³-hybridized carbons (Fsp3) is 0.167. The van der Waals surface area contributed by atoms with Crippen LogP contribution in [0, 0.1) is 10.1 Å². The largest absolute Gasteiger partial charge is 0.460 e. The van der Waals surface area contributed by atoms with Crippen LogP contribution in [0.4, 0.5) is 22.7 Å². The molecule has 3 aromatic carbocycles. The van der Waals surface area contributed by atoms with Crippen molar-refractivity contribution in [1.82, 2.24) is 0 Å². The molecule has 33 heavy (non-hydrogen) atoms. The highest BCUT2D eigenvalue weighted by Gasteiger charge is 2.09. The molecule has 0 saturated carbocycles. The first-order valence-electron chi connectivity index (χ1n) is 10.2. The lowest BCUT2D eigenvalue weighted by molar-refractivity contribution is -0.384. The van der Waals surface area contributed by atoms with Gasteiger partial charge in [-0.05, 0) is 55.5 Å². The Morgan fingerprint density at radius 1 is 0.970 bits per heavy atom. The monoisotopic (exact) mass is 446 g/mol. The Morgan fingerprint density at radius 2 is 1.55 bits per heavy atom. The number of hydrogen-bond acceptors (Lipinski definition) is 8. The van der Waals surface area contributed by atoms with E-state index in [4.69, 9.17) is 4.74 Å². The predicted molar refractivity (Wildman–Crippen MR) is 124 cm³/mol. The number of nitro groups is 1. The van der Waals surface area contributed by atoms with Gasteiger partial charge >= 0.3 is 5.97 Å². The van der Waals surface area contributed by atoms with Crippen LogP contribution in [0.1, 0.15) is 27.6 Å². The second-order valence-corrected chi connectivity index (χ2v) is 6.95. The van der Waals surface area contributed by atoms with Gasteiger partial charge in [0.05, 0.1) is 28.4 Å². The molecule has 168 valence electrons. The predicted octanol–water partition coefficient (Wildman–Crippen LogP) is 5.51. The minimum Gasteiger partial charge on any atom is -0.460 e. The highest BCUT2D eigenvalue weighted by Crippen LogP contribution is 2.23. The van der Waals surface area contributed by atoms with Crippen LogP contribution in [-0.2, 0) is 4.74 Å². The number of azo groups is 1. The van der Waals surface area contributed by atoms with Crippen LogP contribution in [0.2, 0.25) is 0 Å². The lowest BCUT2D eigenvalue weighted by atomic mass is 10.1. The molecule has 0 aliphatic heterocycles. The average Bonchev–Trinajstić information content (AvgIpc) is 2.86. The van der Waals surface area contributed by atoms with E-state index < -0.39 is 10.9 Å². The summed E-state index contributed by atoms with van der Waals surface area (Å²) < 4.78 is 5.35. The quantitative estimate of drug-likeness (QED) is 0.133. The van der Waals surface area contributed by atoms with Gasteiger partial charge < -0.3 is 9.64 Å². The highest BCUT2D eigenvalue weighted by atomic mass is 16.6. The van der Waals surface area contributed by atoms with E-state index in [2.05, 4.69) is 15.1 Å². The zero-order valence-corrected chi connectivity index (χ0v) is 18.0. The van der Waals surface area contributed by atoms with Gasteiger partial charge in [-0.3, -0.25) is 14.9 Å². The van der Waals surface area contributed by atoms with E-state index in [1.807, 2.05) is 31.2 Å². The van der Waals surface area contributed by atoms with Gasteiger partial charge in [-0.15, -0.1) is 0 Å². The van der Waals surface area contributed by atoms with Gasteiger partial charge in [0.15, 0.2) is 0 Å². The Labute approximate surface area is 190 Å². The minimum absolute atomic E-state index is 0.000515. The Kier molecular flexibility index (Phi) is 7.96. The van der Waals surface area contributed by atoms with Crippen LogP contribution < -0.4 is 4.90 Å². The normalized spacial score (nSPS) is 10.7. The van der Waals surface area contributed by atoms with Crippen molar-refractivity contribution in [1.29, 1.82) is 0 Å². The number of rotatable bonds is 10. The van der Waals surface area contributed by atoms with Gasteiger partial charge in [0.2, 0.25) is 0 Å². The van der Waals surface area contributed by atoms with Gasteiger partial charge in [0.1, 0.15) is 12.9 Å². The zero-order valence-electron chi connectivity index (χ0n) is 18.0. The van der Waals surface area contributed by atoms with Gasteiger partial charge in [-0.1, -0.05) is 12.1 Å². The van der Waals surface area contributed by atoms with E-state index in [9.17, 15) is 19.7 Å². The van der Waals surface area contributed by atoms with Crippen LogP contribution in [0.5, 0.6) is 0 Å². The third-order valence-electron chi connectivity index (χ3n) is 4.81. The lowest BCUT2D eigenvalue weighted by Gasteiger charge is -2.23. The molecule has 0 aliphatic carbocycles. The van der Waals surface area contributed by atoms with E-state index >= 15 is 0 Å². The molecule has 9 heteroatoms. The first kappa shape index (κ1) is 23.3. The molecule has 0 bridgehead atoms. The summed E-state index contributed by atoms with van der Waals surface area (Å²) in [6.07, 6.45) is 0.719. The second kappa shape index (κ2) is 11.3. The Morgan fingerprint density at radius 3 is 2.06 bits per heavy atom. The molecule has 0 N–H and O–H groups in total. The maximum Gasteiger partial charge on any atom is 0.338 e. The summed E-state index contributed by atoms with van der Waals surface area (Å²) in [4.78, 5) is 35.1. The zero-order chi connectivity index (χ0) is 23.6. The summed E-state index contributed by atoms with van der Waals surface area (Å²) in [5.41, 5.74) is 2.99. The third kappa shape index (κ3) is 6.54. The number of nitrogens with zero attached hydrogens (tertiary/aromatic N) is 4. The van der Waals surface area contributed by atoms with Crippen molar-refractivity contribution in [2.45, 2.75) is 6.92 Å². The van der Waals surface area contributed by atoms with Gasteiger partial charge in [-0.2, -0.15) is 10.2 Å². The van der Waals surface area contributed by atoms with Crippen molar-refractivity contribution in [3.63, 3.8) is 0 Å². The number of carbonyl (C=O) groups is 2. The average molecular weight is 446 g/mol. The molecule has 0 heterocycles. The third-order valence-corrected chi connectivity index (χ3v) is 4.81. The van der Waals surface area contributed by atoms with Gasteiger partial charge in [0, 0.05) is 29.9 Å². The SMILES string of the molecule is CCN(CCOC(=O)c1ccc(C=O)cc1)c1ccc(N=Nc2ccc([N+](=O)[O-])cc2)cc1. The van der Waals surface area contributed by atoms with Gasteiger partial charge in [0.25, 0.3) is 5.69 Å². The molecule has 0 spiro atoms. The summed E-state index contributed by atoms with van der Waals surface area (Å²) in [6, 6.07) is 19.5. The Balaban J connectivity index is 1.53. The number of likely N-dealkylation sites (N-methyl/N-ethyl adjacent to an activating group) is 1. The van der Waals surface area contributed by atoms with E-state index in [0.717, 1.165) is 18.5 Å². The number of hydrogen-bond donors (Lipinski definition) is 0. The van der Waals surface area contributed by atoms with Crippen molar-refractivity contribution < 1.29 is 19.2 Å². The van der Waals surface area contributed by atoms with Crippen LogP contribution in [0.25, 0.3) is 0 Å². The molecular weight excluding hydrogens is 424 g/mol. The van der Waals surface area contributed by atoms with Crippen molar-refractivity contribution in [2.24, 2.45) is 10.2 Å². The molecule has 0 atom stereocenters. The molecule has 3 aromatic rings. The van der Waals surface area contributed by atoms with Crippen molar-refractivity contribution in [3.05, 3.63) is 94.0 Å². The van der Waals surface area contributed by atoms with Crippen molar-refractivity contribution >= 4 is 35.0 Å². The lowest BCUT2D eigenvalue weighted by Crippen LogP contribution is -2.27. The maximum atomic E-state index is 12.2. The van der Waals surface area contributed by atoms with Crippen LogP contribution >= 0.6 is 0 Å². The van der Waals surface area contributed by atoms with E-state index in [1.165, 1.54) is 24.3 Å².